The summed E-state index contributed by atoms with van der Waals surface area (Å²) in [5, 5.41) is 12.9. The highest BCUT2D eigenvalue weighted by Crippen LogP contribution is 2.30. The summed E-state index contributed by atoms with van der Waals surface area (Å²) in [6.45, 7) is 3.95. The molecule has 28 heavy (non-hydrogen) atoms. The maximum atomic E-state index is 13.0. The van der Waals surface area contributed by atoms with E-state index >= 15 is 0 Å². The van der Waals surface area contributed by atoms with Gasteiger partial charge in [0, 0.05) is 17.8 Å². The molecule has 2 rings (SSSR count). The number of aromatic nitrogens is 2. The molecule has 1 aromatic heterocycles. The first-order valence-corrected chi connectivity index (χ1v) is 8.23. The summed E-state index contributed by atoms with van der Waals surface area (Å²) >= 11 is 0. The number of halogens is 3. The highest BCUT2D eigenvalue weighted by molar-refractivity contribution is 5.94. The van der Waals surface area contributed by atoms with Gasteiger partial charge < -0.3 is 10.0 Å². The minimum absolute atomic E-state index is 0.00991. The number of benzene rings is 1. The van der Waals surface area contributed by atoms with Crippen LogP contribution in [0.1, 0.15) is 35.6 Å². The van der Waals surface area contributed by atoms with Crippen LogP contribution in [0.5, 0.6) is 0 Å². The van der Waals surface area contributed by atoms with Crippen molar-refractivity contribution in [3.8, 4) is 5.69 Å². The Hall–Kier alpha value is -3.17. The third-order valence-corrected chi connectivity index (χ3v) is 3.92. The molecule has 10 heteroatoms. The Morgan fingerprint density at radius 2 is 1.89 bits per heavy atom. The Morgan fingerprint density at radius 1 is 1.25 bits per heavy atom. The molecule has 1 amide bonds. The van der Waals surface area contributed by atoms with Crippen LogP contribution >= 0.6 is 0 Å². The number of aliphatic carboxylic acids is 1. The molecule has 0 fully saturated rings. The molecular weight excluding hydrogens is 379 g/mol. The fourth-order valence-corrected chi connectivity index (χ4v) is 2.54. The summed E-state index contributed by atoms with van der Waals surface area (Å²) < 4.78 is 40.0. The van der Waals surface area contributed by atoms with Crippen molar-refractivity contribution in [2.24, 2.45) is 0 Å². The highest BCUT2D eigenvalue weighted by atomic mass is 19.4. The van der Waals surface area contributed by atoms with Crippen LogP contribution in [0.2, 0.25) is 0 Å². The molecule has 0 saturated carbocycles. The second-order valence-electron chi connectivity index (χ2n) is 6.38. The Morgan fingerprint density at radius 3 is 2.43 bits per heavy atom. The number of carboxylic acid groups (broad SMARTS) is 1. The largest absolute Gasteiger partial charge is 0.480 e. The lowest BCUT2D eigenvalue weighted by atomic mass is 10.2. The zero-order valence-corrected chi connectivity index (χ0v) is 15.3. The molecule has 0 saturated heterocycles. The quantitative estimate of drug-likeness (QED) is 0.837. The summed E-state index contributed by atoms with van der Waals surface area (Å²) in [6, 6.07) is 4.81. The average molecular weight is 397 g/mol. The van der Waals surface area contributed by atoms with Crippen molar-refractivity contribution in [3.63, 3.8) is 0 Å². The molecule has 0 unspecified atom stereocenters. The fourth-order valence-electron chi connectivity index (χ4n) is 2.54. The third-order valence-electron chi connectivity index (χ3n) is 3.92. The number of alkyl halides is 3. The van der Waals surface area contributed by atoms with Gasteiger partial charge in [-0.25, -0.2) is 4.68 Å². The number of carbonyl (C=O) groups excluding carboxylic acids is 1. The lowest BCUT2D eigenvalue weighted by Crippen LogP contribution is -2.43. The molecule has 0 aliphatic carbocycles. The van der Waals surface area contributed by atoms with Gasteiger partial charge in [0.05, 0.1) is 11.3 Å². The van der Waals surface area contributed by atoms with Gasteiger partial charge in [-0.05, 0) is 39.0 Å². The van der Waals surface area contributed by atoms with E-state index in [-0.39, 0.29) is 11.4 Å². The van der Waals surface area contributed by atoms with Gasteiger partial charge in [0.1, 0.15) is 6.54 Å². The van der Waals surface area contributed by atoms with Crippen LogP contribution in [0.15, 0.2) is 35.1 Å². The smallest absolute Gasteiger partial charge is 0.416 e. The third kappa shape index (κ3) is 4.56. The van der Waals surface area contributed by atoms with Crippen LogP contribution < -0.4 is 5.43 Å². The van der Waals surface area contributed by atoms with E-state index in [4.69, 9.17) is 5.11 Å². The first-order chi connectivity index (χ1) is 12.9. The van der Waals surface area contributed by atoms with Crippen molar-refractivity contribution in [1.82, 2.24) is 14.7 Å². The Kier molecular flexibility index (Phi) is 5.91. The fraction of sp³-hybridized carbons (Fsp3) is 0.333. The molecule has 0 radical (unpaired) electrons. The van der Waals surface area contributed by atoms with Crippen molar-refractivity contribution in [2.45, 2.75) is 33.0 Å². The Labute approximate surface area is 158 Å². The Balaban J connectivity index is 2.58. The summed E-state index contributed by atoms with van der Waals surface area (Å²) in [7, 11) is 0. The summed E-state index contributed by atoms with van der Waals surface area (Å²) in [5.74, 6) is -2.18. The molecule has 0 bridgehead atoms. The van der Waals surface area contributed by atoms with Crippen LogP contribution in [-0.2, 0) is 11.0 Å². The van der Waals surface area contributed by atoms with Crippen LogP contribution in [0.25, 0.3) is 5.69 Å². The molecular formula is C18H18F3N3O4. The molecule has 1 aromatic carbocycles. The minimum atomic E-state index is -4.57. The van der Waals surface area contributed by atoms with Gasteiger partial charge in [-0.15, -0.1) is 0 Å². The number of rotatable bonds is 5. The molecule has 0 aliphatic rings. The van der Waals surface area contributed by atoms with Crippen LogP contribution in [-0.4, -0.2) is 44.3 Å². The molecule has 7 nitrogen and oxygen atoms in total. The molecule has 0 aliphatic heterocycles. The molecule has 0 atom stereocenters. The average Bonchev–Trinajstić information content (AvgIpc) is 2.58. The van der Waals surface area contributed by atoms with Crippen molar-refractivity contribution in [1.29, 1.82) is 0 Å². The topological polar surface area (TPSA) is 92.5 Å². The number of carbonyl (C=O) groups is 2. The van der Waals surface area contributed by atoms with Gasteiger partial charge in [-0.1, -0.05) is 6.07 Å². The maximum absolute atomic E-state index is 13.0. The molecule has 150 valence electrons. The van der Waals surface area contributed by atoms with Crippen molar-refractivity contribution in [3.05, 3.63) is 57.5 Å². The predicted octanol–water partition coefficient (Wildman–Crippen LogP) is 2.49. The highest BCUT2D eigenvalue weighted by Gasteiger charge is 2.31. The Bertz CT molecular complexity index is 967. The summed E-state index contributed by atoms with van der Waals surface area (Å²) in [6.07, 6.45) is -4.57. The van der Waals surface area contributed by atoms with Crippen molar-refractivity contribution < 1.29 is 27.9 Å². The number of nitrogens with zero attached hydrogens (tertiary/aromatic N) is 3. The van der Waals surface area contributed by atoms with E-state index in [1.165, 1.54) is 19.1 Å². The van der Waals surface area contributed by atoms with E-state index in [9.17, 15) is 27.6 Å². The second kappa shape index (κ2) is 7.83. The lowest BCUT2D eigenvalue weighted by Gasteiger charge is -2.24. The molecule has 1 heterocycles. The number of aryl methyl sites for hydroxylation is 1. The van der Waals surface area contributed by atoms with Crippen LogP contribution in [0, 0.1) is 6.92 Å². The van der Waals surface area contributed by atoms with E-state index < -0.39 is 47.3 Å². The van der Waals surface area contributed by atoms with Gasteiger partial charge in [0.2, 0.25) is 5.43 Å². The zero-order chi connectivity index (χ0) is 21.2. The van der Waals surface area contributed by atoms with Crippen LogP contribution in [0.3, 0.4) is 0 Å². The van der Waals surface area contributed by atoms with Gasteiger partial charge in [-0.3, -0.25) is 14.4 Å². The number of hydrogen-bond donors (Lipinski definition) is 1. The standard InChI is InChI=1S/C18H18F3N3O4/c1-10(2)23(9-15(26)27)17(28)16-14(25)7-11(3)24(22-16)13-6-4-5-12(8-13)18(19,20)21/h4-8,10H,9H2,1-3H3,(H,26,27). The minimum Gasteiger partial charge on any atom is -0.480 e. The number of amides is 1. The van der Waals surface area contributed by atoms with Crippen molar-refractivity contribution in [2.75, 3.05) is 6.54 Å². The first kappa shape index (κ1) is 21.1. The van der Waals surface area contributed by atoms with Crippen molar-refractivity contribution >= 4 is 11.9 Å². The van der Waals surface area contributed by atoms with E-state index in [0.717, 1.165) is 27.8 Å². The number of hydrogen-bond acceptors (Lipinski definition) is 4. The number of carboxylic acids is 1. The normalized spacial score (nSPS) is 11.5. The summed E-state index contributed by atoms with van der Waals surface area (Å²) in [4.78, 5) is 36.9. The molecule has 2 aromatic rings. The molecule has 0 spiro atoms. The predicted molar refractivity (Wildman–Crippen MR) is 93.4 cm³/mol. The zero-order valence-electron chi connectivity index (χ0n) is 15.3. The van der Waals surface area contributed by atoms with E-state index in [1.54, 1.807) is 13.8 Å². The van der Waals surface area contributed by atoms with Crippen LogP contribution in [0.4, 0.5) is 13.2 Å². The van der Waals surface area contributed by atoms with Gasteiger partial charge in [0.15, 0.2) is 5.69 Å². The van der Waals surface area contributed by atoms with E-state index in [2.05, 4.69) is 5.10 Å². The van der Waals surface area contributed by atoms with E-state index in [0.29, 0.717) is 0 Å². The lowest BCUT2D eigenvalue weighted by molar-refractivity contribution is -0.138. The van der Waals surface area contributed by atoms with E-state index in [1.807, 2.05) is 0 Å². The first-order valence-electron chi connectivity index (χ1n) is 8.23. The van der Waals surface area contributed by atoms with Gasteiger partial charge >= 0.3 is 12.1 Å². The summed E-state index contributed by atoms with van der Waals surface area (Å²) in [5.41, 5.74) is -2.00. The monoisotopic (exact) mass is 397 g/mol. The maximum Gasteiger partial charge on any atom is 0.416 e. The van der Waals surface area contributed by atoms with Gasteiger partial charge in [-0.2, -0.15) is 18.3 Å². The molecule has 1 N–H and O–H groups in total. The van der Waals surface area contributed by atoms with Gasteiger partial charge in [0.25, 0.3) is 5.91 Å². The SMILES string of the molecule is Cc1cc(=O)c(C(=O)N(CC(=O)O)C(C)C)nn1-c1cccc(C(F)(F)F)c1. The second-order valence-corrected chi connectivity index (χ2v) is 6.38.